The molecule has 1 aliphatic heterocycles. The van der Waals surface area contributed by atoms with E-state index in [1.165, 1.54) is 4.88 Å². The fourth-order valence-corrected chi connectivity index (χ4v) is 5.16. The second kappa shape index (κ2) is 9.30. The van der Waals surface area contributed by atoms with Crippen LogP contribution in [0.3, 0.4) is 0 Å². The lowest BCUT2D eigenvalue weighted by Crippen LogP contribution is -2.61. The zero-order chi connectivity index (χ0) is 21.8. The van der Waals surface area contributed by atoms with Gasteiger partial charge >= 0.3 is 0 Å². The maximum absolute atomic E-state index is 12.9. The minimum atomic E-state index is -0.787. The number of aromatic nitrogens is 3. The number of piperidine rings is 1. The number of β-amino-alcohol motifs (C(OH)–C–C–N with tert-alkyl or cyclic N) is 1. The van der Waals surface area contributed by atoms with Gasteiger partial charge in [-0.05, 0) is 31.4 Å². The van der Waals surface area contributed by atoms with Crippen molar-refractivity contribution < 1.29 is 9.90 Å². The Morgan fingerprint density at radius 1 is 1.32 bits per heavy atom. The van der Waals surface area contributed by atoms with Gasteiger partial charge < -0.3 is 10.4 Å². The number of hydrogen-bond acceptors (Lipinski definition) is 6. The predicted molar refractivity (Wildman–Crippen MR) is 121 cm³/mol. The van der Waals surface area contributed by atoms with Gasteiger partial charge in [-0.1, -0.05) is 30.3 Å². The molecule has 1 aromatic carbocycles. The van der Waals surface area contributed by atoms with Gasteiger partial charge in [-0.15, -0.1) is 11.3 Å². The minimum Gasteiger partial charge on any atom is -0.389 e. The van der Waals surface area contributed by atoms with Crippen LogP contribution < -0.4 is 5.32 Å². The van der Waals surface area contributed by atoms with E-state index in [-0.39, 0.29) is 5.91 Å². The van der Waals surface area contributed by atoms with Gasteiger partial charge in [0.15, 0.2) is 0 Å². The van der Waals surface area contributed by atoms with Gasteiger partial charge in [0.25, 0.3) is 0 Å². The minimum absolute atomic E-state index is 0.0596. The number of amides is 1. The van der Waals surface area contributed by atoms with E-state index in [1.807, 2.05) is 56.6 Å². The third-order valence-corrected chi connectivity index (χ3v) is 6.95. The van der Waals surface area contributed by atoms with Crippen LogP contribution in [0.4, 0.5) is 0 Å². The summed E-state index contributed by atoms with van der Waals surface area (Å²) in [6.45, 7) is 4.04. The van der Waals surface area contributed by atoms with Crippen LogP contribution in [-0.4, -0.2) is 49.9 Å². The van der Waals surface area contributed by atoms with Crippen molar-refractivity contribution >= 4 is 17.2 Å². The molecule has 1 saturated heterocycles. The highest BCUT2D eigenvalue weighted by Gasteiger charge is 2.44. The number of aryl methyl sites for hydroxylation is 3. The predicted octanol–water partition coefficient (Wildman–Crippen LogP) is 2.40. The number of carbonyl (C=O) groups excluding carboxylic acids is 1. The summed E-state index contributed by atoms with van der Waals surface area (Å²) in [6.07, 6.45) is 4.55. The van der Waals surface area contributed by atoms with E-state index in [9.17, 15) is 9.90 Å². The second-order valence-corrected chi connectivity index (χ2v) is 9.50. The number of rotatable bonds is 7. The maximum atomic E-state index is 12.9. The van der Waals surface area contributed by atoms with Crippen LogP contribution in [0.2, 0.25) is 0 Å². The van der Waals surface area contributed by atoms with Crippen molar-refractivity contribution in [2.75, 3.05) is 13.1 Å². The summed E-state index contributed by atoms with van der Waals surface area (Å²) in [6, 6.07) is 11.8. The average Bonchev–Trinajstić information content (AvgIpc) is 3.36. The molecule has 2 aromatic heterocycles. The second-order valence-electron chi connectivity index (χ2n) is 8.18. The smallest absolute Gasteiger partial charge is 0.221 e. The van der Waals surface area contributed by atoms with E-state index >= 15 is 0 Å². The van der Waals surface area contributed by atoms with Gasteiger partial charge in [0.2, 0.25) is 5.91 Å². The Balaban J connectivity index is 1.48. The Morgan fingerprint density at radius 3 is 2.77 bits per heavy atom. The number of hydrogen-bond donors (Lipinski definition) is 2. The molecule has 3 aromatic rings. The van der Waals surface area contributed by atoms with Crippen LogP contribution in [0.15, 0.2) is 48.8 Å². The molecule has 0 unspecified atom stereocenters. The van der Waals surface area contributed by atoms with Gasteiger partial charge in [0.1, 0.15) is 0 Å². The van der Waals surface area contributed by atoms with Crippen molar-refractivity contribution in [2.24, 2.45) is 7.05 Å². The molecule has 8 heteroatoms. The molecule has 1 fully saturated rings. The Labute approximate surface area is 186 Å². The van der Waals surface area contributed by atoms with Crippen LogP contribution in [-0.2, 0) is 30.3 Å². The van der Waals surface area contributed by atoms with E-state index in [2.05, 4.69) is 20.3 Å². The maximum Gasteiger partial charge on any atom is 0.221 e. The lowest BCUT2D eigenvalue weighted by Gasteiger charge is -2.46. The average molecular weight is 440 g/mol. The number of aliphatic hydroxyl groups is 1. The van der Waals surface area contributed by atoms with Crippen molar-refractivity contribution in [3.8, 4) is 0 Å². The summed E-state index contributed by atoms with van der Waals surface area (Å²) >= 11 is 1.68. The van der Waals surface area contributed by atoms with E-state index in [4.69, 9.17) is 0 Å². The number of nitrogens with one attached hydrogen (secondary N) is 1. The zero-order valence-corrected chi connectivity index (χ0v) is 18.8. The van der Waals surface area contributed by atoms with Gasteiger partial charge in [0, 0.05) is 56.1 Å². The first-order chi connectivity index (χ1) is 15.0. The first-order valence-corrected chi connectivity index (χ1v) is 11.4. The molecule has 7 nitrogen and oxygen atoms in total. The highest BCUT2D eigenvalue weighted by atomic mass is 32.1. The van der Waals surface area contributed by atoms with Gasteiger partial charge in [-0.2, -0.15) is 5.10 Å². The Hall–Kier alpha value is -2.55. The molecule has 0 aliphatic carbocycles. The highest BCUT2D eigenvalue weighted by molar-refractivity contribution is 7.11. The van der Waals surface area contributed by atoms with Crippen molar-refractivity contribution in [3.63, 3.8) is 0 Å². The Morgan fingerprint density at radius 2 is 2.13 bits per heavy atom. The summed E-state index contributed by atoms with van der Waals surface area (Å²) in [5.41, 5.74) is 1.18. The van der Waals surface area contributed by atoms with Gasteiger partial charge in [0.05, 0.1) is 16.7 Å². The normalized spacial score (nSPS) is 21.8. The molecule has 164 valence electrons. The molecule has 0 spiro atoms. The lowest BCUT2D eigenvalue weighted by molar-refractivity contribution is -0.127. The third kappa shape index (κ3) is 4.87. The molecule has 0 saturated carbocycles. The molecule has 1 aliphatic rings. The molecule has 2 atom stereocenters. The number of thiazole rings is 1. The third-order valence-electron chi connectivity index (χ3n) is 6.05. The van der Waals surface area contributed by atoms with Crippen molar-refractivity contribution in [1.29, 1.82) is 0 Å². The van der Waals surface area contributed by atoms with Crippen molar-refractivity contribution in [2.45, 2.75) is 44.4 Å². The molecular formula is C23H29N5O2S. The molecule has 31 heavy (non-hydrogen) atoms. The van der Waals surface area contributed by atoms with E-state index in [0.717, 1.165) is 29.4 Å². The first-order valence-electron chi connectivity index (χ1n) is 10.6. The SMILES string of the molecule is Cc1ncc(CN2CC[C@@](NC(=O)CCc3ccnn3C)(c3ccccc3)[C@H](O)C2)s1. The molecule has 4 rings (SSSR count). The topological polar surface area (TPSA) is 83.3 Å². The number of benzene rings is 1. The first kappa shape index (κ1) is 21.7. The molecule has 3 heterocycles. The molecule has 0 bridgehead atoms. The zero-order valence-electron chi connectivity index (χ0n) is 18.0. The highest BCUT2D eigenvalue weighted by Crippen LogP contribution is 2.34. The summed E-state index contributed by atoms with van der Waals surface area (Å²) in [7, 11) is 1.88. The molecular weight excluding hydrogens is 410 g/mol. The Kier molecular flexibility index (Phi) is 6.50. The fourth-order valence-electron chi connectivity index (χ4n) is 4.32. The van der Waals surface area contributed by atoms with Crippen molar-refractivity contribution in [1.82, 2.24) is 25.0 Å². The summed E-state index contributed by atoms with van der Waals surface area (Å²) in [5, 5.41) is 19.7. The van der Waals surface area contributed by atoms with Crippen molar-refractivity contribution in [3.05, 3.63) is 69.9 Å². The number of nitrogens with zero attached hydrogens (tertiary/aromatic N) is 4. The molecule has 1 amide bonds. The Bertz CT molecular complexity index is 1020. The van der Waals surface area contributed by atoms with Gasteiger partial charge in [-0.3, -0.25) is 14.4 Å². The number of likely N-dealkylation sites (tertiary alicyclic amines) is 1. The quantitative estimate of drug-likeness (QED) is 0.591. The van der Waals surface area contributed by atoms with Crippen LogP contribution in [0.25, 0.3) is 0 Å². The lowest BCUT2D eigenvalue weighted by atomic mass is 9.78. The van der Waals surface area contributed by atoms with Crippen LogP contribution in [0.1, 0.15) is 34.0 Å². The van der Waals surface area contributed by atoms with E-state index in [1.54, 1.807) is 22.2 Å². The largest absolute Gasteiger partial charge is 0.389 e. The van der Waals surface area contributed by atoms with Crippen LogP contribution in [0, 0.1) is 6.92 Å². The molecule has 0 radical (unpaired) electrons. The fraction of sp³-hybridized carbons (Fsp3) is 0.435. The molecule has 2 N–H and O–H groups in total. The number of aliphatic hydroxyl groups excluding tert-OH is 1. The van der Waals surface area contributed by atoms with Crippen LogP contribution in [0.5, 0.6) is 0 Å². The summed E-state index contributed by atoms with van der Waals surface area (Å²) in [4.78, 5) is 20.7. The summed E-state index contributed by atoms with van der Waals surface area (Å²) < 4.78 is 1.79. The standard InChI is InChI=1S/C23H29N5O2S/c1-17-24-14-20(31-17)15-28-13-11-23(21(29)16-28,18-6-4-3-5-7-18)26-22(30)9-8-19-10-12-25-27(19)2/h3-7,10,12,14,21,29H,8-9,11,13,15-16H2,1-2H3,(H,26,30)/t21-,23-/m1/s1. The van der Waals surface area contributed by atoms with Crippen LogP contribution >= 0.6 is 11.3 Å². The summed E-state index contributed by atoms with van der Waals surface area (Å²) in [5.74, 6) is -0.0596. The van der Waals surface area contributed by atoms with Gasteiger partial charge in [-0.25, -0.2) is 4.98 Å². The number of carbonyl (C=O) groups is 1. The van der Waals surface area contributed by atoms with E-state index < -0.39 is 11.6 Å². The monoisotopic (exact) mass is 439 g/mol. The van der Waals surface area contributed by atoms with E-state index in [0.29, 0.717) is 25.8 Å².